The molecule has 8 heteroatoms. The normalized spacial score (nSPS) is 21.3. The van der Waals surface area contributed by atoms with Gasteiger partial charge in [0.2, 0.25) is 5.91 Å². The predicted octanol–water partition coefficient (Wildman–Crippen LogP) is 4.27. The molecule has 0 aliphatic carbocycles. The van der Waals surface area contributed by atoms with E-state index in [9.17, 15) is 13.2 Å². The topological polar surface area (TPSA) is 63.7 Å². The van der Waals surface area contributed by atoms with Crippen LogP contribution in [0.2, 0.25) is 10.0 Å². The molecule has 0 N–H and O–H groups in total. The lowest BCUT2D eigenvalue weighted by Gasteiger charge is -2.45. The van der Waals surface area contributed by atoms with Gasteiger partial charge in [-0.15, -0.1) is 0 Å². The SMILES string of the molecule is CC(C)(C)C(=O)N1CCCC(CCOS(C)(=O)=O)(c2ccc(Cl)c(Cl)c2)C1. The zero-order valence-electron chi connectivity index (χ0n) is 16.2. The third-order valence-corrected chi connectivity index (χ3v) is 6.25. The maximum atomic E-state index is 12.8. The fourth-order valence-corrected chi connectivity index (χ4v) is 4.26. The number of carbonyl (C=O) groups excluding carboxylic acids is 1. The van der Waals surface area contributed by atoms with E-state index >= 15 is 0 Å². The monoisotopic (exact) mass is 435 g/mol. The van der Waals surface area contributed by atoms with Crippen LogP contribution in [0.15, 0.2) is 18.2 Å². The molecule has 1 aromatic rings. The molecule has 0 spiro atoms. The minimum atomic E-state index is -3.53. The van der Waals surface area contributed by atoms with Crippen LogP contribution in [0.4, 0.5) is 0 Å². The molecule has 0 saturated carbocycles. The van der Waals surface area contributed by atoms with Gasteiger partial charge in [0, 0.05) is 23.9 Å². The summed E-state index contributed by atoms with van der Waals surface area (Å²) in [5, 5.41) is 0.901. The number of halogens is 2. The van der Waals surface area contributed by atoms with Gasteiger partial charge < -0.3 is 4.90 Å². The number of carbonyl (C=O) groups is 1. The Labute approximate surface area is 172 Å². The summed E-state index contributed by atoms with van der Waals surface area (Å²) >= 11 is 12.3. The number of amides is 1. The first-order chi connectivity index (χ1) is 12.3. The van der Waals surface area contributed by atoms with Crippen LogP contribution in [-0.4, -0.2) is 45.2 Å². The highest BCUT2D eigenvalue weighted by molar-refractivity contribution is 7.85. The van der Waals surface area contributed by atoms with E-state index in [0.717, 1.165) is 24.7 Å². The van der Waals surface area contributed by atoms with Gasteiger partial charge in [-0.25, -0.2) is 0 Å². The summed E-state index contributed by atoms with van der Waals surface area (Å²) in [6.07, 6.45) is 3.13. The smallest absolute Gasteiger partial charge is 0.264 e. The van der Waals surface area contributed by atoms with Crippen LogP contribution in [0.25, 0.3) is 0 Å². The molecule has 1 fully saturated rings. The molecule has 1 aromatic carbocycles. The second kappa shape index (κ2) is 8.27. The fourth-order valence-electron chi connectivity index (χ4n) is 3.58. The van der Waals surface area contributed by atoms with Crippen molar-refractivity contribution in [2.75, 3.05) is 26.0 Å². The molecule has 1 atom stereocenters. The second-order valence-electron chi connectivity index (χ2n) is 8.27. The first-order valence-corrected chi connectivity index (χ1v) is 11.5. The third-order valence-electron chi connectivity index (χ3n) is 4.92. The summed E-state index contributed by atoms with van der Waals surface area (Å²) in [6.45, 7) is 6.93. The van der Waals surface area contributed by atoms with Crippen molar-refractivity contribution in [1.82, 2.24) is 4.90 Å². The minimum absolute atomic E-state index is 0.0522. The average Bonchev–Trinajstić information content (AvgIpc) is 2.54. The molecule has 1 aliphatic heterocycles. The van der Waals surface area contributed by atoms with Crippen molar-refractivity contribution in [3.8, 4) is 0 Å². The van der Waals surface area contributed by atoms with Gasteiger partial charge in [-0.1, -0.05) is 50.0 Å². The first-order valence-electron chi connectivity index (χ1n) is 8.93. The van der Waals surface area contributed by atoms with Crippen LogP contribution in [0.1, 0.15) is 45.6 Å². The number of hydrogen-bond acceptors (Lipinski definition) is 4. The molecule has 1 heterocycles. The lowest BCUT2D eigenvalue weighted by Crippen LogP contribution is -2.52. The second-order valence-corrected chi connectivity index (χ2v) is 10.7. The molecule has 1 saturated heterocycles. The van der Waals surface area contributed by atoms with Gasteiger partial charge in [-0.2, -0.15) is 8.42 Å². The van der Waals surface area contributed by atoms with Crippen LogP contribution in [0.5, 0.6) is 0 Å². The number of hydrogen-bond donors (Lipinski definition) is 0. The molecule has 2 rings (SSSR count). The highest BCUT2D eigenvalue weighted by Gasteiger charge is 2.41. The van der Waals surface area contributed by atoms with E-state index in [1.165, 1.54) is 0 Å². The molecular formula is C19H27Cl2NO4S. The Morgan fingerprint density at radius 2 is 1.93 bits per heavy atom. The summed E-state index contributed by atoms with van der Waals surface area (Å²) in [6, 6.07) is 5.46. The number of rotatable bonds is 5. The molecule has 27 heavy (non-hydrogen) atoms. The molecule has 5 nitrogen and oxygen atoms in total. The van der Waals surface area contributed by atoms with E-state index in [2.05, 4.69) is 0 Å². The van der Waals surface area contributed by atoms with Gasteiger partial charge >= 0.3 is 0 Å². The Bertz CT molecular complexity index is 804. The van der Waals surface area contributed by atoms with E-state index in [1.54, 1.807) is 6.07 Å². The van der Waals surface area contributed by atoms with Crippen molar-refractivity contribution in [1.29, 1.82) is 0 Å². The molecular weight excluding hydrogens is 409 g/mol. The fraction of sp³-hybridized carbons (Fsp3) is 0.632. The molecule has 0 bridgehead atoms. The van der Waals surface area contributed by atoms with Crippen molar-refractivity contribution < 1.29 is 17.4 Å². The molecule has 152 valence electrons. The Morgan fingerprint density at radius 3 is 2.48 bits per heavy atom. The van der Waals surface area contributed by atoms with Gasteiger partial charge in [0.1, 0.15) is 0 Å². The summed E-state index contributed by atoms with van der Waals surface area (Å²) in [5.41, 5.74) is 0.0302. The van der Waals surface area contributed by atoms with Crippen molar-refractivity contribution in [2.45, 2.75) is 45.4 Å². The lowest BCUT2D eigenvalue weighted by atomic mass is 9.71. The highest BCUT2D eigenvalue weighted by atomic mass is 35.5. The Hall–Kier alpha value is -0.820. The Balaban J connectivity index is 2.36. The molecule has 1 unspecified atom stereocenters. The highest BCUT2D eigenvalue weighted by Crippen LogP contribution is 2.40. The Morgan fingerprint density at radius 1 is 1.26 bits per heavy atom. The largest absolute Gasteiger partial charge is 0.341 e. The van der Waals surface area contributed by atoms with Crippen LogP contribution < -0.4 is 0 Å². The number of piperidine rings is 1. The summed E-state index contributed by atoms with van der Waals surface area (Å²) < 4.78 is 27.8. The maximum Gasteiger partial charge on any atom is 0.264 e. The van der Waals surface area contributed by atoms with Gasteiger partial charge in [0.05, 0.1) is 22.9 Å². The van der Waals surface area contributed by atoms with Crippen LogP contribution in [0, 0.1) is 5.41 Å². The van der Waals surface area contributed by atoms with E-state index in [0.29, 0.717) is 29.6 Å². The Kier molecular flexibility index (Phi) is 6.89. The van der Waals surface area contributed by atoms with Crippen LogP contribution in [-0.2, 0) is 24.5 Å². The summed E-state index contributed by atoms with van der Waals surface area (Å²) in [5.74, 6) is 0.0793. The molecule has 1 aliphatic rings. The number of benzene rings is 1. The standard InChI is InChI=1S/C19H27Cl2NO4S/c1-18(2,3)17(23)22-10-5-8-19(13-22,9-11-26-27(4,24)25)14-6-7-15(20)16(21)12-14/h6-7,12H,5,8-11,13H2,1-4H3. The third kappa shape index (κ3) is 5.83. The van der Waals surface area contributed by atoms with Crippen molar-refractivity contribution in [3.63, 3.8) is 0 Å². The maximum absolute atomic E-state index is 12.8. The van der Waals surface area contributed by atoms with E-state index in [4.69, 9.17) is 27.4 Å². The van der Waals surface area contributed by atoms with E-state index in [1.807, 2.05) is 37.8 Å². The van der Waals surface area contributed by atoms with Crippen LogP contribution in [0.3, 0.4) is 0 Å². The molecule has 1 amide bonds. The van der Waals surface area contributed by atoms with Crippen LogP contribution >= 0.6 is 23.2 Å². The number of likely N-dealkylation sites (tertiary alicyclic amines) is 1. The van der Waals surface area contributed by atoms with Gasteiger partial charge in [0.15, 0.2) is 0 Å². The lowest BCUT2D eigenvalue weighted by molar-refractivity contribution is -0.142. The quantitative estimate of drug-likeness (QED) is 0.647. The zero-order chi connectivity index (χ0) is 20.5. The molecule has 0 aromatic heterocycles. The van der Waals surface area contributed by atoms with Gasteiger partial charge in [-0.3, -0.25) is 8.98 Å². The summed E-state index contributed by atoms with van der Waals surface area (Å²) in [4.78, 5) is 14.7. The van der Waals surface area contributed by atoms with E-state index in [-0.39, 0.29) is 12.5 Å². The van der Waals surface area contributed by atoms with Crippen molar-refractivity contribution in [3.05, 3.63) is 33.8 Å². The average molecular weight is 436 g/mol. The summed E-state index contributed by atoms with van der Waals surface area (Å²) in [7, 11) is -3.53. The zero-order valence-corrected chi connectivity index (χ0v) is 18.5. The predicted molar refractivity (Wildman–Crippen MR) is 109 cm³/mol. The minimum Gasteiger partial charge on any atom is -0.341 e. The van der Waals surface area contributed by atoms with Gasteiger partial charge in [-0.05, 0) is 37.0 Å². The van der Waals surface area contributed by atoms with Gasteiger partial charge in [0.25, 0.3) is 10.1 Å². The van der Waals surface area contributed by atoms with Crippen molar-refractivity contribution >= 4 is 39.2 Å². The van der Waals surface area contributed by atoms with Crippen molar-refractivity contribution in [2.24, 2.45) is 5.41 Å². The molecule has 0 radical (unpaired) electrons. The number of nitrogens with zero attached hydrogens (tertiary/aromatic N) is 1. The van der Waals surface area contributed by atoms with E-state index < -0.39 is 20.9 Å². The first kappa shape index (κ1) is 22.5.